The maximum atomic E-state index is 14.9. The Kier molecular flexibility index (Phi) is 25.1. The first-order valence-corrected chi connectivity index (χ1v) is 30.2. The molecule has 0 heterocycles. The summed E-state index contributed by atoms with van der Waals surface area (Å²) >= 11 is 0. The summed E-state index contributed by atoms with van der Waals surface area (Å²) in [5.41, 5.74) is 5.48. The van der Waals surface area contributed by atoms with Gasteiger partial charge >= 0.3 is 11.9 Å². The van der Waals surface area contributed by atoms with E-state index >= 15 is 0 Å². The second-order valence-electron chi connectivity index (χ2n) is 23.9. The fraction of sp³-hybridized carbons (Fsp3) is 0.400. The summed E-state index contributed by atoms with van der Waals surface area (Å²) in [7, 11) is 3.03. The summed E-state index contributed by atoms with van der Waals surface area (Å²) in [6, 6.07) is 26.6. The molecule has 0 aliphatic heterocycles. The van der Waals surface area contributed by atoms with E-state index < -0.39 is 76.0 Å². The highest BCUT2D eigenvalue weighted by atomic mass is 16.6. The molecule has 4 amide bonds. The maximum Gasteiger partial charge on any atom is 0.344 e. The molecule has 0 unspecified atom stereocenters. The molecule has 0 saturated carbocycles. The molecule has 0 N–H and O–H groups in total. The molecular formula is C70H86N6O16. The second kappa shape index (κ2) is 31.7. The predicted molar refractivity (Wildman–Crippen MR) is 348 cm³/mol. The Morgan fingerprint density at radius 1 is 0.457 bits per heavy atom. The molecule has 492 valence electrons. The lowest BCUT2D eigenvalue weighted by atomic mass is 10.00. The molecule has 0 bridgehead atoms. The Labute approximate surface area is 538 Å². The summed E-state index contributed by atoms with van der Waals surface area (Å²) in [5.74, 6) is -2.80. The Morgan fingerprint density at radius 3 is 1.14 bits per heavy atom. The number of amides is 4. The largest absolute Gasteiger partial charge is 0.496 e. The molecule has 0 radical (unpaired) electrons. The molecule has 22 heteroatoms. The third-order valence-corrected chi connectivity index (χ3v) is 14.6. The van der Waals surface area contributed by atoms with Crippen molar-refractivity contribution in [2.24, 2.45) is 0 Å². The van der Waals surface area contributed by atoms with Crippen LogP contribution in [0.25, 0.3) is 0 Å². The molecule has 0 saturated heterocycles. The lowest BCUT2D eigenvalue weighted by Gasteiger charge is -2.44. The van der Waals surface area contributed by atoms with Crippen LogP contribution in [0.4, 0.5) is 11.4 Å². The average Bonchev–Trinajstić information content (AvgIpc) is 0.782. The molecule has 0 spiro atoms. The zero-order valence-electron chi connectivity index (χ0n) is 56.1. The molecule has 0 atom stereocenters. The molecule has 6 aromatic rings. The first-order valence-electron chi connectivity index (χ1n) is 30.2. The van der Waals surface area contributed by atoms with E-state index in [-0.39, 0.29) is 54.0 Å². The van der Waals surface area contributed by atoms with Crippen LogP contribution in [-0.2, 0) is 45.0 Å². The van der Waals surface area contributed by atoms with Crippen LogP contribution in [0.15, 0.2) is 97.1 Å². The van der Waals surface area contributed by atoms with Crippen LogP contribution >= 0.6 is 0 Å². The van der Waals surface area contributed by atoms with Crippen LogP contribution in [-0.4, -0.2) is 117 Å². The van der Waals surface area contributed by atoms with Gasteiger partial charge in [-0.15, -0.1) is 0 Å². The van der Waals surface area contributed by atoms with E-state index in [1.54, 1.807) is 108 Å². The Morgan fingerprint density at radius 2 is 0.804 bits per heavy atom. The zero-order chi connectivity index (χ0) is 68.7. The number of benzene rings is 6. The van der Waals surface area contributed by atoms with Crippen molar-refractivity contribution < 1.29 is 67.0 Å². The number of nitro benzene ring substituents is 2. The second-order valence-corrected chi connectivity index (χ2v) is 23.9. The summed E-state index contributed by atoms with van der Waals surface area (Å²) in [4.78, 5) is 106. The summed E-state index contributed by atoms with van der Waals surface area (Å²) < 4.78 is 32.3. The number of ether oxygens (including phenoxy) is 6. The van der Waals surface area contributed by atoms with Gasteiger partial charge in [-0.05, 0) is 182 Å². The van der Waals surface area contributed by atoms with Crippen LogP contribution in [0.5, 0.6) is 23.0 Å². The number of aryl methyl sites for hydroxylation is 6. The number of hydrogen-bond acceptors (Lipinski definition) is 16. The van der Waals surface area contributed by atoms with Gasteiger partial charge in [-0.1, -0.05) is 60.4 Å². The molecule has 22 nitrogen and oxygen atoms in total. The third kappa shape index (κ3) is 18.2. The van der Waals surface area contributed by atoms with E-state index in [2.05, 4.69) is 0 Å². The van der Waals surface area contributed by atoms with Gasteiger partial charge in [0.05, 0.1) is 78.6 Å². The number of hydrogen-bond donors (Lipinski definition) is 0. The van der Waals surface area contributed by atoms with Gasteiger partial charge in [0.25, 0.3) is 35.0 Å². The van der Waals surface area contributed by atoms with Gasteiger partial charge in [0.1, 0.15) is 11.5 Å². The standard InChI is InChI=1S/C38H47N3O11.C32H39N3O5/c1-10-28-29(14-13-15-31(28)48-9)37(45)39(40(38(6,7)8)36(44)26-17-24(4)16-25(5)18-26)21-27-19-32(51-22-34(42)49-11-2)33(20-30(27)41(46)47)52-23-35(43)50-12-3;1-10-26-27(12-11-13-29(26)40-9)31(37)33(19-25-17-22(4)23(5)18-28(25)35(38)39)34(32(6,7)8)30(36)24-15-20(2)14-21(3)16-24/h13-20H,10-12,21-23H2,1-9H3;11-18H,10,19H2,1-9H3. The first kappa shape index (κ1) is 72.9. The van der Waals surface area contributed by atoms with Gasteiger partial charge in [-0.2, -0.15) is 0 Å². The quantitative estimate of drug-likeness (QED) is 0.0348. The predicted octanol–water partition coefficient (Wildman–Crippen LogP) is 13.1. The maximum absolute atomic E-state index is 14.9. The van der Waals surface area contributed by atoms with Gasteiger partial charge in [0.2, 0.25) is 0 Å². The van der Waals surface area contributed by atoms with Crippen molar-refractivity contribution >= 4 is 46.9 Å². The Balaban J connectivity index is 0.000000345. The van der Waals surface area contributed by atoms with Crippen LogP contribution in [0.1, 0.15) is 166 Å². The van der Waals surface area contributed by atoms with Gasteiger partial charge in [-0.3, -0.25) is 39.4 Å². The van der Waals surface area contributed by atoms with E-state index in [9.17, 15) is 49.0 Å². The van der Waals surface area contributed by atoms with E-state index in [1.807, 2.05) is 88.3 Å². The number of esters is 2. The number of nitro groups is 2. The minimum absolute atomic E-state index is 0.0656. The smallest absolute Gasteiger partial charge is 0.344 e. The number of hydrazine groups is 2. The topological polar surface area (TPSA) is 257 Å². The van der Waals surface area contributed by atoms with Gasteiger partial charge in [0, 0.05) is 39.4 Å². The lowest BCUT2D eigenvalue weighted by molar-refractivity contribution is -0.386. The van der Waals surface area contributed by atoms with Crippen molar-refractivity contribution in [2.75, 3.05) is 40.6 Å². The van der Waals surface area contributed by atoms with Crippen molar-refractivity contribution in [3.63, 3.8) is 0 Å². The number of rotatable bonds is 22. The highest BCUT2D eigenvalue weighted by Gasteiger charge is 2.41. The van der Waals surface area contributed by atoms with Gasteiger partial charge in [-0.25, -0.2) is 29.6 Å². The van der Waals surface area contributed by atoms with E-state index in [0.29, 0.717) is 57.7 Å². The normalized spacial score (nSPS) is 11.1. The lowest BCUT2D eigenvalue weighted by Crippen LogP contribution is -2.58. The minimum Gasteiger partial charge on any atom is -0.496 e. The van der Waals surface area contributed by atoms with Crippen LogP contribution < -0.4 is 18.9 Å². The number of carbonyl (C=O) groups is 6. The fourth-order valence-electron chi connectivity index (χ4n) is 10.7. The third-order valence-electron chi connectivity index (χ3n) is 14.6. The SMILES string of the molecule is CCOC(=O)COc1cc(CN(C(=O)c2cccc(OC)c2CC)N(C(=O)c2cc(C)cc(C)c2)C(C)(C)C)c([N+](=O)[O-])cc1OCC(=O)OCC.CCc1c(OC)cccc1C(=O)N(Cc1cc(C)c(C)cc1[N+](=O)[O-])N(C(=O)c1cc(C)cc(C)c1)C(C)(C)C. The summed E-state index contributed by atoms with van der Waals surface area (Å²) in [5, 5.41) is 30.0. The van der Waals surface area contributed by atoms with Gasteiger partial charge in [0.15, 0.2) is 24.7 Å². The van der Waals surface area contributed by atoms with Crippen molar-refractivity contribution in [2.45, 2.75) is 148 Å². The van der Waals surface area contributed by atoms with Crippen LogP contribution in [0, 0.1) is 61.8 Å². The molecule has 0 aromatic heterocycles. The number of carbonyl (C=O) groups excluding carboxylic acids is 6. The average molecular weight is 1270 g/mol. The van der Waals surface area contributed by atoms with Crippen molar-refractivity contribution in [3.05, 3.63) is 195 Å². The molecule has 0 aliphatic rings. The number of nitrogens with zero attached hydrogens (tertiary/aromatic N) is 6. The first-order chi connectivity index (χ1) is 43.2. The monoisotopic (exact) mass is 1270 g/mol. The summed E-state index contributed by atoms with van der Waals surface area (Å²) in [6.45, 7) is 27.3. The molecule has 0 fully saturated rings. The number of methoxy groups -OCH3 is 2. The Hall–Kier alpha value is -9.86. The van der Waals surface area contributed by atoms with Crippen molar-refractivity contribution in [1.82, 2.24) is 20.0 Å². The molecule has 92 heavy (non-hydrogen) atoms. The van der Waals surface area contributed by atoms with Crippen molar-refractivity contribution in [3.8, 4) is 23.0 Å². The minimum atomic E-state index is -1.05. The van der Waals surface area contributed by atoms with E-state index in [1.165, 1.54) is 39.3 Å². The summed E-state index contributed by atoms with van der Waals surface area (Å²) in [6.07, 6.45) is 0.918. The van der Waals surface area contributed by atoms with E-state index in [0.717, 1.165) is 39.4 Å². The molecule has 6 rings (SSSR count). The molecule has 0 aliphatic carbocycles. The highest BCUT2D eigenvalue weighted by molar-refractivity contribution is 6.02. The zero-order valence-corrected chi connectivity index (χ0v) is 56.1. The van der Waals surface area contributed by atoms with Gasteiger partial charge < -0.3 is 28.4 Å². The fourth-order valence-corrected chi connectivity index (χ4v) is 10.7. The van der Waals surface area contributed by atoms with E-state index in [4.69, 9.17) is 28.4 Å². The molecule has 6 aromatic carbocycles. The van der Waals surface area contributed by atoms with Crippen molar-refractivity contribution in [1.29, 1.82) is 0 Å². The van der Waals surface area contributed by atoms with Crippen LogP contribution in [0.2, 0.25) is 0 Å². The Bertz CT molecular complexity index is 3690. The molecular weight excluding hydrogens is 1180 g/mol. The highest BCUT2D eigenvalue weighted by Crippen LogP contribution is 2.39. The van der Waals surface area contributed by atoms with Crippen LogP contribution in [0.3, 0.4) is 0 Å².